The van der Waals surface area contributed by atoms with Crippen LogP contribution in [0, 0.1) is 0 Å². The summed E-state index contributed by atoms with van der Waals surface area (Å²) in [4.78, 5) is 20.9. The maximum absolute atomic E-state index is 10.5. The molecule has 0 bridgehead atoms. The van der Waals surface area contributed by atoms with E-state index in [1.807, 2.05) is 30.3 Å². The van der Waals surface area contributed by atoms with Gasteiger partial charge in [0.1, 0.15) is 31.0 Å². The molecule has 25 heavy (non-hydrogen) atoms. The molecule has 0 spiro atoms. The summed E-state index contributed by atoms with van der Waals surface area (Å²) in [6.07, 6.45) is -4.84. The maximum atomic E-state index is 10.5. The van der Waals surface area contributed by atoms with E-state index in [1.165, 1.54) is 0 Å². The van der Waals surface area contributed by atoms with Gasteiger partial charge in [-0.15, -0.1) is 0 Å². The number of aliphatic carboxylic acids is 1. The first kappa shape index (κ1) is 25.4. The molecule has 8 N–H and O–H groups in total. The minimum atomic E-state index is -1.86. The number of hydrogen-bond donors (Lipinski definition) is 7. The van der Waals surface area contributed by atoms with Crippen LogP contribution in [0.2, 0.25) is 0 Å². The fourth-order valence-electron chi connectivity index (χ4n) is 1.56. The summed E-state index contributed by atoms with van der Waals surface area (Å²) < 4.78 is 0. The Bertz CT molecular complexity index is 502. The van der Waals surface area contributed by atoms with Crippen LogP contribution < -0.4 is 5.73 Å². The van der Waals surface area contributed by atoms with Gasteiger partial charge in [0.05, 0.1) is 6.61 Å². The number of aliphatic hydroxyl groups is 5. The summed E-state index contributed by atoms with van der Waals surface area (Å²) in [6, 6.07) is 8.54. The molecule has 0 saturated carbocycles. The number of nitrogens with two attached hydrogens (primary N) is 1. The molecule has 10 heteroatoms. The van der Waals surface area contributed by atoms with Crippen molar-refractivity contribution in [2.24, 2.45) is 5.73 Å². The number of carbonyl (C=O) groups excluding carboxylic acids is 1. The quantitative estimate of drug-likeness (QED) is 0.237. The molecule has 1 aromatic rings. The van der Waals surface area contributed by atoms with Gasteiger partial charge in [0.2, 0.25) is 0 Å². The lowest BCUT2D eigenvalue weighted by atomic mass is 10.1. The molecule has 0 amide bonds. The van der Waals surface area contributed by atoms with Gasteiger partial charge in [0.15, 0.2) is 5.78 Å². The Labute approximate surface area is 146 Å². The van der Waals surface area contributed by atoms with Crippen molar-refractivity contribution >= 4 is 20.2 Å². The van der Waals surface area contributed by atoms with Crippen LogP contribution in [0.15, 0.2) is 30.3 Å². The lowest BCUT2D eigenvalue weighted by Crippen LogP contribution is -2.44. The second-order valence-electron chi connectivity index (χ2n) is 4.94. The number of carbonyl (C=O) groups is 2. The zero-order chi connectivity index (χ0) is 18.7. The number of benzene rings is 1. The van der Waals surface area contributed by atoms with Crippen LogP contribution in [-0.2, 0) is 16.0 Å². The number of hydrogen-bond acceptors (Lipinski definition) is 8. The number of aliphatic hydroxyl groups excluding tert-OH is 5. The van der Waals surface area contributed by atoms with Gasteiger partial charge in [-0.3, -0.25) is 9.59 Å². The lowest BCUT2D eigenvalue weighted by molar-refractivity contribution is -0.142. The zero-order valence-electron chi connectivity index (χ0n) is 13.5. The highest BCUT2D eigenvalue weighted by molar-refractivity contribution is 5.84. The van der Waals surface area contributed by atoms with Gasteiger partial charge in [-0.1, -0.05) is 30.3 Å². The summed E-state index contributed by atoms with van der Waals surface area (Å²) in [5.74, 6) is -1.96. The number of ketones is 1. The van der Waals surface area contributed by atoms with Gasteiger partial charge >= 0.3 is 5.97 Å². The Morgan fingerprint density at radius 3 is 1.96 bits per heavy atom. The Balaban J connectivity index is 0. The summed E-state index contributed by atoms with van der Waals surface area (Å²) in [5.41, 5.74) is 6.30. The van der Waals surface area contributed by atoms with Gasteiger partial charge < -0.3 is 36.4 Å². The number of rotatable bonds is 8. The number of carboxylic acid groups (broad SMARTS) is 1. The summed E-state index contributed by atoms with van der Waals surface area (Å²) >= 11 is 0. The average molecular weight is 356 g/mol. The Morgan fingerprint density at radius 1 is 1.04 bits per heavy atom. The normalized spacial score (nSPS) is 14.8. The van der Waals surface area contributed by atoms with Crippen molar-refractivity contribution in [1.29, 1.82) is 0 Å². The van der Waals surface area contributed by atoms with Crippen LogP contribution in [0.4, 0.5) is 0 Å². The van der Waals surface area contributed by atoms with Crippen LogP contribution in [-0.4, -0.2) is 88.4 Å². The highest BCUT2D eigenvalue weighted by Gasteiger charge is 2.28. The Morgan fingerprint density at radius 2 is 1.56 bits per heavy atom. The third kappa shape index (κ3) is 9.92. The minimum Gasteiger partial charge on any atom is -0.480 e. The van der Waals surface area contributed by atoms with Crippen molar-refractivity contribution in [3.63, 3.8) is 0 Å². The van der Waals surface area contributed by atoms with E-state index in [1.54, 1.807) is 0 Å². The molecule has 1 aromatic carbocycles. The van der Waals surface area contributed by atoms with E-state index in [0.717, 1.165) is 5.56 Å². The lowest BCUT2D eigenvalue weighted by Gasteiger charge is -2.19. The molecule has 9 nitrogen and oxygen atoms in total. The fraction of sp³-hybridized carbons (Fsp3) is 0.467. The number of Topliss-reactive ketones (excluding diaryl/α,β-unsaturated/α-hetero) is 1. The summed E-state index contributed by atoms with van der Waals surface area (Å²) in [5, 5.41) is 51.6. The molecule has 0 fully saturated rings. The molecular weight excluding hydrogens is 333 g/mol. The van der Waals surface area contributed by atoms with Crippen LogP contribution in [0.25, 0.3) is 0 Å². The molecule has 139 valence electrons. The largest absolute Gasteiger partial charge is 0.480 e. The first-order valence-corrected chi connectivity index (χ1v) is 7.05. The van der Waals surface area contributed by atoms with Gasteiger partial charge in [-0.2, -0.15) is 0 Å². The molecular formula is C15H23BNO8. The molecule has 0 heterocycles. The van der Waals surface area contributed by atoms with E-state index >= 15 is 0 Å². The second-order valence-corrected chi connectivity index (χ2v) is 4.94. The summed E-state index contributed by atoms with van der Waals surface area (Å²) in [7, 11) is 0. The Hall–Kier alpha value is -1.82. The first-order chi connectivity index (χ1) is 11.2. The standard InChI is InChI=1S/C9H11NO2.C6H12O6.B/c10-8(9(11)12)6-7-4-2-1-3-5-7;7-1-3(9)5(11)6(12)4(10)2-8;/h1-5,8H,6,10H2,(H,11,12);3,5-9,11-12H,1-2H2;. The maximum Gasteiger partial charge on any atom is 0.320 e. The van der Waals surface area contributed by atoms with Crippen LogP contribution in [0.1, 0.15) is 5.56 Å². The predicted octanol–water partition coefficient (Wildman–Crippen LogP) is -3.12. The molecule has 0 saturated heterocycles. The third-order valence-corrected chi connectivity index (χ3v) is 3.01. The molecule has 0 aliphatic rings. The molecule has 4 atom stereocenters. The monoisotopic (exact) mass is 356 g/mol. The molecule has 0 aliphatic carbocycles. The van der Waals surface area contributed by atoms with E-state index in [0.29, 0.717) is 6.42 Å². The highest BCUT2D eigenvalue weighted by atomic mass is 16.4. The smallest absolute Gasteiger partial charge is 0.320 e. The minimum absolute atomic E-state index is 0. The number of carboxylic acids is 1. The van der Waals surface area contributed by atoms with Crippen molar-refractivity contribution in [2.75, 3.05) is 13.2 Å². The van der Waals surface area contributed by atoms with E-state index in [4.69, 9.17) is 36.4 Å². The molecule has 1 rings (SSSR count). The Kier molecular flexibility index (Phi) is 13.7. The van der Waals surface area contributed by atoms with Crippen LogP contribution in [0.3, 0.4) is 0 Å². The highest BCUT2D eigenvalue weighted by Crippen LogP contribution is 2.01. The SMILES string of the molecule is NC(Cc1ccccc1)C(=O)O.O=C(CO)C(O)C(O)C(O)CO.[B]. The fourth-order valence-corrected chi connectivity index (χ4v) is 1.56. The zero-order valence-corrected chi connectivity index (χ0v) is 13.5. The van der Waals surface area contributed by atoms with Crippen LogP contribution in [0.5, 0.6) is 0 Å². The van der Waals surface area contributed by atoms with Gasteiger partial charge in [-0.25, -0.2) is 0 Å². The van der Waals surface area contributed by atoms with Crippen molar-refractivity contribution < 1.29 is 40.2 Å². The van der Waals surface area contributed by atoms with Gasteiger partial charge in [-0.05, 0) is 12.0 Å². The third-order valence-electron chi connectivity index (χ3n) is 3.01. The van der Waals surface area contributed by atoms with Crippen molar-refractivity contribution in [3.05, 3.63) is 35.9 Å². The first-order valence-electron chi connectivity index (χ1n) is 7.05. The van der Waals surface area contributed by atoms with Crippen molar-refractivity contribution in [3.8, 4) is 0 Å². The topological polar surface area (TPSA) is 182 Å². The van der Waals surface area contributed by atoms with Crippen LogP contribution >= 0.6 is 0 Å². The predicted molar refractivity (Wildman–Crippen MR) is 88.7 cm³/mol. The van der Waals surface area contributed by atoms with E-state index in [9.17, 15) is 9.59 Å². The van der Waals surface area contributed by atoms with Crippen molar-refractivity contribution in [1.82, 2.24) is 0 Å². The molecule has 4 unspecified atom stereocenters. The molecule has 3 radical (unpaired) electrons. The van der Waals surface area contributed by atoms with E-state index in [2.05, 4.69) is 0 Å². The molecule has 0 aromatic heterocycles. The van der Waals surface area contributed by atoms with Gasteiger partial charge in [0, 0.05) is 8.41 Å². The average Bonchev–Trinajstić information content (AvgIpc) is 2.60. The van der Waals surface area contributed by atoms with E-state index in [-0.39, 0.29) is 8.41 Å². The summed E-state index contributed by atoms with van der Waals surface area (Å²) in [6.45, 7) is -1.69. The second kappa shape index (κ2) is 13.5. The van der Waals surface area contributed by atoms with E-state index < -0.39 is 49.3 Å². The van der Waals surface area contributed by atoms with Crippen molar-refractivity contribution in [2.45, 2.75) is 30.8 Å². The van der Waals surface area contributed by atoms with Gasteiger partial charge in [0.25, 0.3) is 0 Å². The molecule has 0 aliphatic heterocycles.